The van der Waals surface area contributed by atoms with Crippen LogP contribution in [0, 0.1) is 0 Å². The van der Waals surface area contributed by atoms with Crippen LogP contribution in [0.2, 0.25) is 0 Å². The molecule has 0 atom stereocenters. The Hall–Kier alpha value is -3.30. The summed E-state index contributed by atoms with van der Waals surface area (Å²) in [5.74, 6) is -0.0140. The first-order valence-corrected chi connectivity index (χ1v) is 13.0. The van der Waals surface area contributed by atoms with E-state index in [0.29, 0.717) is 38.3 Å². The minimum absolute atomic E-state index is 0.0140. The van der Waals surface area contributed by atoms with Crippen LogP contribution in [0.1, 0.15) is 33.5 Å². The number of amides is 1. The van der Waals surface area contributed by atoms with Gasteiger partial charge in [0.1, 0.15) is 0 Å². The SMILES string of the molecule is O=C(c1ccc(NSc2cccc3c2N=CCC3)cc1)N1CCN(Cc2ccc(C(F)(F)F)cc2)CC1. The van der Waals surface area contributed by atoms with Gasteiger partial charge in [-0.05, 0) is 78.4 Å². The first-order chi connectivity index (χ1) is 17.9. The van der Waals surface area contributed by atoms with Gasteiger partial charge in [0, 0.05) is 50.2 Å². The van der Waals surface area contributed by atoms with E-state index in [9.17, 15) is 18.0 Å². The van der Waals surface area contributed by atoms with Crippen LogP contribution in [0.3, 0.4) is 0 Å². The number of halogens is 3. The van der Waals surface area contributed by atoms with Crippen molar-refractivity contribution in [2.24, 2.45) is 4.99 Å². The second kappa shape index (κ2) is 11.0. The molecular formula is C28H27F3N4OS. The van der Waals surface area contributed by atoms with Gasteiger partial charge in [0.15, 0.2) is 0 Å². The fourth-order valence-corrected chi connectivity index (χ4v) is 5.31. The third-order valence-electron chi connectivity index (χ3n) is 6.60. The molecule has 37 heavy (non-hydrogen) atoms. The molecule has 2 aliphatic rings. The van der Waals surface area contributed by atoms with Crippen LogP contribution in [0.15, 0.2) is 76.6 Å². The number of hydrogen-bond acceptors (Lipinski definition) is 5. The summed E-state index contributed by atoms with van der Waals surface area (Å²) in [6.07, 6.45) is -0.388. The molecule has 1 amide bonds. The topological polar surface area (TPSA) is 47.9 Å². The highest BCUT2D eigenvalue weighted by Gasteiger charge is 2.30. The summed E-state index contributed by atoms with van der Waals surface area (Å²) in [4.78, 5) is 22.6. The summed E-state index contributed by atoms with van der Waals surface area (Å²) < 4.78 is 41.6. The molecule has 192 valence electrons. The summed E-state index contributed by atoms with van der Waals surface area (Å²) in [7, 11) is 0. The molecule has 0 saturated carbocycles. The van der Waals surface area contributed by atoms with Gasteiger partial charge in [-0.15, -0.1) is 0 Å². The van der Waals surface area contributed by atoms with Gasteiger partial charge in [0.25, 0.3) is 5.91 Å². The quantitative estimate of drug-likeness (QED) is 0.378. The number of nitrogens with zero attached hydrogens (tertiary/aromatic N) is 3. The summed E-state index contributed by atoms with van der Waals surface area (Å²) >= 11 is 1.51. The Bertz CT molecular complexity index is 1270. The molecule has 5 nitrogen and oxygen atoms in total. The first kappa shape index (κ1) is 25.4. The lowest BCUT2D eigenvalue weighted by Crippen LogP contribution is -2.48. The number of anilines is 1. The number of hydrogen-bond donors (Lipinski definition) is 1. The van der Waals surface area contributed by atoms with E-state index in [1.165, 1.54) is 29.6 Å². The second-order valence-electron chi connectivity index (χ2n) is 9.16. The van der Waals surface area contributed by atoms with E-state index in [-0.39, 0.29) is 5.91 Å². The molecule has 1 N–H and O–H groups in total. The van der Waals surface area contributed by atoms with Gasteiger partial charge in [-0.2, -0.15) is 13.2 Å². The third kappa shape index (κ3) is 6.17. The molecule has 2 heterocycles. The highest BCUT2D eigenvalue weighted by Crippen LogP contribution is 2.35. The maximum atomic E-state index is 13.0. The van der Waals surface area contributed by atoms with E-state index in [0.717, 1.165) is 46.8 Å². The Kier molecular flexibility index (Phi) is 7.53. The highest BCUT2D eigenvalue weighted by molar-refractivity contribution is 8.00. The third-order valence-corrected chi connectivity index (χ3v) is 7.49. The summed E-state index contributed by atoms with van der Waals surface area (Å²) in [5, 5.41) is 0. The Labute approximate surface area is 218 Å². The van der Waals surface area contributed by atoms with E-state index >= 15 is 0 Å². The lowest BCUT2D eigenvalue weighted by molar-refractivity contribution is -0.137. The molecule has 1 saturated heterocycles. The first-order valence-electron chi connectivity index (χ1n) is 12.2. The average molecular weight is 525 g/mol. The average Bonchev–Trinajstić information content (AvgIpc) is 2.92. The van der Waals surface area contributed by atoms with Crippen molar-refractivity contribution < 1.29 is 18.0 Å². The van der Waals surface area contributed by atoms with Gasteiger partial charge in [0.05, 0.1) is 16.1 Å². The molecule has 0 spiro atoms. The summed E-state index contributed by atoms with van der Waals surface area (Å²) in [6.45, 7) is 3.07. The number of aliphatic imine (C=N–C) groups is 1. The molecule has 0 aliphatic carbocycles. The van der Waals surface area contributed by atoms with Crippen LogP contribution in [0.5, 0.6) is 0 Å². The number of rotatable bonds is 6. The number of piperazine rings is 1. The Morgan fingerprint density at radius 1 is 0.946 bits per heavy atom. The van der Waals surface area contributed by atoms with E-state index in [1.54, 1.807) is 0 Å². The molecule has 0 bridgehead atoms. The number of benzene rings is 3. The number of alkyl halides is 3. The molecular weight excluding hydrogens is 497 g/mol. The maximum Gasteiger partial charge on any atom is 0.416 e. The zero-order chi connectivity index (χ0) is 25.8. The molecule has 9 heteroatoms. The minimum Gasteiger partial charge on any atom is -0.336 e. The normalized spacial score (nSPS) is 15.9. The fourth-order valence-electron chi connectivity index (χ4n) is 4.52. The standard InChI is InChI=1S/C28H27F3N4OS/c29-28(30,31)23-10-6-20(7-11-23)19-34-15-17-35(18-16-34)27(36)22-8-12-24(13-9-22)33-37-25-5-1-3-21-4-2-14-32-26(21)25/h1,3,5-14,33H,2,4,15-19H2. The van der Waals surface area contributed by atoms with Crippen molar-refractivity contribution in [1.29, 1.82) is 0 Å². The van der Waals surface area contributed by atoms with E-state index < -0.39 is 11.7 Å². The lowest BCUT2D eigenvalue weighted by Gasteiger charge is -2.34. The summed E-state index contributed by atoms with van der Waals surface area (Å²) in [6, 6.07) is 19.0. The zero-order valence-electron chi connectivity index (χ0n) is 20.2. The molecule has 3 aromatic carbocycles. The highest BCUT2D eigenvalue weighted by atomic mass is 32.2. The van der Waals surface area contributed by atoms with Crippen LogP contribution >= 0.6 is 11.9 Å². The van der Waals surface area contributed by atoms with Crippen LogP contribution in [0.4, 0.5) is 24.5 Å². The maximum absolute atomic E-state index is 13.0. The minimum atomic E-state index is -4.33. The van der Waals surface area contributed by atoms with Gasteiger partial charge in [-0.3, -0.25) is 14.7 Å². The zero-order valence-corrected chi connectivity index (χ0v) is 21.0. The van der Waals surface area contributed by atoms with Gasteiger partial charge in [-0.25, -0.2) is 0 Å². The fraction of sp³-hybridized carbons (Fsp3) is 0.286. The predicted molar refractivity (Wildman–Crippen MR) is 141 cm³/mol. The summed E-state index contributed by atoms with van der Waals surface area (Å²) in [5.41, 5.74) is 4.01. The van der Waals surface area contributed by atoms with Gasteiger partial charge >= 0.3 is 6.18 Å². The van der Waals surface area contributed by atoms with E-state index in [1.807, 2.05) is 41.4 Å². The molecule has 0 unspecified atom stereocenters. The Morgan fingerprint density at radius 3 is 2.38 bits per heavy atom. The molecule has 2 aliphatic heterocycles. The number of carbonyl (C=O) groups is 1. The van der Waals surface area contributed by atoms with Crippen molar-refractivity contribution >= 4 is 35.4 Å². The molecule has 3 aromatic rings. The van der Waals surface area contributed by atoms with Crippen molar-refractivity contribution in [3.05, 3.63) is 89.0 Å². The number of nitrogens with one attached hydrogen (secondary N) is 1. The smallest absolute Gasteiger partial charge is 0.336 e. The van der Waals surface area contributed by atoms with Crippen molar-refractivity contribution in [2.75, 3.05) is 30.9 Å². The molecule has 0 aromatic heterocycles. The number of para-hydroxylation sites is 1. The number of aryl methyl sites for hydroxylation is 1. The lowest BCUT2D eigenvalue weighted by atomic mass is 10.1. The largest absolute Gasteiger partial charge is 0.416 e. The van der Waals surface area contributed by atoms with Crippen LogP contribution < -0.4 is 4.72 Å². The second-order valence-corrected chi connectivity index (χ2v) is 10.0. The van der Waals surface area contributed by atoms with Gasteiger partial charge in [-0.1, -0.05) is 24.3 Å². The van der Waals surface area contributed by atoms with Gasteiger partial charge < -0.3 is 9.62 Å². The number of fused-ring (bicyclic) bond motifs is 1. The van der Waals surface area contributed by atoms with Crippen LogP contribution in [0.25, 0.3) is 0 Å². The van der Waals surface area contributed by atoms with Crippen molar-refractivity contribution in [3.63, 3.8) is 0 Å². The Balaban J connectivity index is 1.11. The molecule has 0 radical (unpaired) electrons. The molecule has 1 fully saturated rings. The predicted octanol–water partition coefficient (Wildman–Crippen LogP) is 6.43. The van der Waals surface area contributed by atoms with E-state index in [4.69, 9.17) is 0 Å². The van der Waals surface area contributed by atoms with Crippen LogP contribution in [-0.4, -0.2) is 48.1 Å². The van der Waals surface area contributed by atoms with Crippen molar-refractivity contribution in [2.45, 2.75) is 30.5 Å². The van der Waals surface area contributed by atoms with Crippen LogP contribution in [-0.2, 0) is 19.1 Å². The molecule has 5 rings (SSSR count). The Morgan fingerprint density at radius 2 is 1.68 bits per heavy atom. The monoisotopic (exact) mass is 524 g/mol. The van der Waals surface area contributed by atoms with Crippen molar-refractivity contribution in [1.82, 2.24) is 9.80 Å². The van der Waals surface area contributed by atoms with E-state index in [2.05, 4.69) is 26.7 Å². The number of carbonyl (C=O) groups excluding carboxylic acids is 1. The van der Waals surface area contributed by atoms with Gasteiger partial charge in [0.2, 0.25) is 0 Å². The van der Waals surface area contributed by atoms with Crippen molar-refractivity contribution in [3.8, 4) is 0 Å².